The van der Waals surface area contributed by atoms with E-state index in [0.29, 0.717) is 26.1 Å². The summed E-state index contributed by atoms with van der Waals surface area (Å²) < 4.78 is 4.89. The Kier molecular flexibility index (Phi) is 5.01. The van der Waals surface area contributed by atoms with Gasteiger partial charge in [0, 0.05) is 40.3 Å². The van der Waals surface area contributed by atoms with Crippen LogP contribution in [0, 0.1) is 0 Å². The first-order chi connectivity index (χ1) is 7.16. The van der Waals surface area contributed by atoms with Crippen molar-refractivity contribution in [1.29, 1.82) is 0 Å². The van der Waals surface area contributed by atoms with E-state index in [4.69, 9.17) is 4.74 Å². The summed E-state index contributed by atoms with van der Waals surface area (Å²) in [5, 5.41) is 12.7. The van der Waals surface area contributed by atoms with E-state index in [1.54, 1.807) is 19.1 Å². The Morgan fingerprint density at radius 1 is 1.60 bits per heavy atom. The largest absolute Gasteiger partial charge is 0.390 e. The zero-order valence-corrected chi connectivity index (χ0v) is 9.40. The van der Waals surface area contributed by atoms with E-state index in [2.05, 4.69) is 5.32 Å². The second kappa shape index (κ2) is 6.05. The van der Waals surface area contributed by atoms with E-state index >= 15 is 0 Å². The highest BCUT2D eigenvalue weighted by molar-refractivity contribution is 5.76. The molecule has 1 amide bonds. The Morgan fingerprint density at radius 2 is 2.33 bits per heavy atom. The van der Waals surface area contributed by atoms with E-state index in [-0.39, 0.29) is 11.9 Å². The minimum Gasteiger partial charge on any atom is -0.390 e. The van der Waals surface area contributed by atoms with Gasteiger partial charge in [0.25, 0.3) is 0 Å². The standard InChI is InChI=1S/C10H20N2O3/c1-12(8-6-11-7-9(8)13)10(14)4-3-5-15-2/h8-9,11,13H,3-7H2,1-2H3/t8-,9-/m0/s1. The summed E-state index contributed by atoms with van der Waals surface area (Å²) in [5.41, 5.74) is 0. The molecule has 0 aliphatic carbocycles. The number of nitrogens with zero attached hydrogens (tertiary/aromatic N) is 1. The van der Waals surface area contributed by atoms with Crippen molar-refractivity contribution in [3.05, 3.63) is 0 Å². The molecule has 1 aliphatic heterocycles. The maximum absolute atomic E-state index is 11.7. The second-order valence-corrected chi connectivity index (χ2v) is 3.89. The summed E-state index contributed by atoms with van der Waals surface area (Å²) in [7, 11) is 3.37. The maximum Gasteiger partial charge on any atom is 0.222 e. The summed E-state index contributed by atoms with van der Waals surface area (Å²) in [6.45, 7) is 1.85. The van der Waals surface area contributed by atoms with Crippen LogP contribution >= 0.6 is 0 Å². The fourth-order valence-corrected chi connectivity index (χ4v) is 1.78. The highest BCUT2D eigenvalue weighted by Crippen LogP contribution is 2.09. The first-order valence-electron chi connectivity index (χ1n) is 5.30. The molecular weight excluding hydrogens is 196 g/mol. The summed E-state index contributed by atoms with van der Waals surface area (Å²) in [5.74, 6) is 0.0693. The van der Waals surface area contributed by atoms with E-state index < -0.39 is 6.10 Å². The summed E-state index contributed by atoms with van der Waals surface area (Å²) in [6.07, 6.45) is 0.769. The summed E-state index contributed by atoms with van der Waals surface area (Å²) >= 11 is 0. The molecule has 0 aromatic rings. The number of rotatable bonds is 5. The summed E-state index contributed by atoms with van der Waals surface area (Å²) in [6, 6.07) is -0.0833. The van der Waals surface area contributed by atoms with Crippen molar-refractivity contribution < 1.29 is 14.6 Å². The second-order valence-electron chi connectivity index (χ2n) is 3.89. The molecule has 2 N–H and O–H groups in total. The first-order valence-corrected chi connectivity index (χ1v) is 5.30. The van der Waals surface area contributed by atoms with Crippen LogP contribution in [-0.2, 0) is 9.53 Å². The number of amides is 1. The zero-order chi connectivity index (χ0) is 11.3. The van der Waals surface area contributed by atoms with Gasteiger partial charge >= 0.3 is 0 Å². The molecule has 1 heterocycles. The molecule has 0 unspecified atom stereocenters. The monoisotopic (exact) mass is 216 g/mol. The highest BCUT2D eigenvalue weighted by atomic mass is 16.5. The Balaban J connectivity index is 2.31. The first kappa shape index (κ1) is 12.4. The van der Waals surface area contributed by atoms with Crippen LogP contribution in [0.3, 0.4) is 0 Å². The molecule has 0 spiro atoms. The predicted molar refractivity (Wildman–Crippen MR) is 56.5 cm³/mol. The van der Waals surface area contributed by atoms with E-state index in [0.717, 1.165) is 6.42 Å². The van der Waals surface area contributed by atoms with Crippen LogP contribution in [0.5, 0.6) is 0 Å². The minimum absolute atomic E-state index is 0.0693. The maximum atomic E-state index is 11.7. The van der Waals surface area contributed by atoms with Gasteiger partial charge in [0.05, 0.1) is 12.1 Å². The van der Waals surface area contributed by atoms with Gasteiger partial charge in [-0.3, -0.25) is 4.79 Å². The lowest BCUT2D eigenvalue weighted by Gasteiger charge is -2.26. The number of nitrogens with one attached hydrogen (secondary N) is 1. The Morgan fingerprint density at radius 3 is 2.87 bits per heavy atom. The number of methoxy groups -OCH3 is 1. The van der Waals surface area contributed by atoms with Gasteiger partial charge in [0.15, 0.2) is 0 Å². The zero-order valence-electron chi connectivity index (χ0n) is 9.40. The van der Waals surface area contributed by atoms with Gasteiger partial charge in [-0.25, -0.2) is 0 Å². The third-order valence-corrected chi connectivity index (χ3v) is 2.78. The number of carbonyl (C=O) groups is 1. The predicted octanol–water partition coefficient (Wildman–Crippen LogP) is -0.796. The van der Waals surface area contributed by atoms with Crippen LogP contribution in [0.25, 0.3) is 0 Å². The summed E-state index contributed by atoms with van der Waals surface area (Å²) in [4.78, 5) is 13.3. The number of hydrogen-bond donors (Lipinski definition) is 2. The Labute approximate surface area is 90.4 Å². The van der Waals surface area contributed by atoms with Gasteiger partial charge in [0.2, 0.25) is 5.91 Å². The molecule has 1 rings (SSSR count). The number of ether oxygens (including phenoxy) is 1. The van der Waals surface area contributed by atoms with Gasteiger partial charge in [-0.2, -0.15) is 0 Å². The SMILES string of the molecule is COCCCC(=O)N(C)[C@H]1CNC[C@@H]1O. The van der Waals surface area contributed by atoms with Crippen LogP contribution in [0.4, 0.5) is 0 Å². The van der Waals surface area contributed by atoms with Gasteiger partial charge in [-0.05, 0) is 6.42 Å². The van der Waals surface area contributed by atoms with Crippen molar-refractivity contribution in [2.24, 2.45) is 0 Å². The number of carbonyl (C=O) groups excluding carboxylic acids is 1. The van der Waals surface area contributed by atoms with E-state index in [1.165, 1.54) is 0 Å². The van der Waals surface area contributed by atoms with Crippen molar-refractivity contribution in [3.8, 4) is 0 Å². The van der Waals surface area contributed by atoms with Crippen molar-refractivity contribution in [2.45, 2.75) is 25.0 Å². The van der Waals surface area contributed by atoms with Gasteiger partial charge in [0.1, 0.15) is 0 Å². The average molecular weight is 216 g/mol. The number of aliphatic hydroxyl groups is 1. The Hall–Kier alpha value is -0.650. The number of hydrogen-bond acceptors (Lipinski definition) is 4. The van der Waals surface area contributed by atoms with Crippen molar-refractivity contribution >= 4 is 5.91 Å². The molecule has 0 bridgehead atoms. The van der Waals surface area contributed by atoms with Crippen LogP contribution in [-0.4, -0.2) is 61.9 Å². The van der Waals surface area contributed by atoms with Crippen LogP contribution in [0.2, 0.25) is 0 Å². The molecule has 5 nitrogen and oxygen atoms in total. The molecule has 0 saturated carbocycles. The smallest absolute Gasteiger partial charge is 0.222 e. The van der Waals surface area contributed by atoms with Gasteiger partial charge in [-0.1, -0.05) is 0 Å². The normalized spacial score (nSPS) is 25.5. The number of likely N-dealkylation sites (N-methyl/N-ethyl adjacent to an activating group) is 1. The molecule has 0 aromatic carbocycles. The fraction of sp³-hybridized carbons (Fsp3) is 0.900. The lowest BCUT2D eigenvalue weighted by molar-refractivity contribution is -0.133. The lowest BCUT2D eigenvalue weighted by atomic mass is 10.1. The molecule has 5 heteroatoms. The molecule has 0 aromatic heterocycles. The van der Waals surface area contributed by atoms with E-state index in [9.17, 15) is 9.90 Å². The molecule has 2 atom stereocenters. The van der Waals surface area contributed by atoms with E-state index in [1.807, 2.05) is 0 Å². The van der Waals surface area contributed by atoms with Crippen molar-refractivity contribution in [2.75, 3.05) is 33.9 Å². The van der Waals surface area contributed by atoms with Crippen LogP contribution in [0.1, 0.15) is 12.8 Å². The van der Waals surface area contributed by atoms with Crippen molar-refractivity contribution in [1.82, 2.24) is 10.2 Å². The molecule has 1 saturated heterocycles. The fourth-order valence-electron chi connectivity index (χ4n) is 1.78. The van der Waals surface area contributed by atoms with Crippen molar-refractivity contribution in [3.63, 3.8) is 0 Å². The van der Waals surface area contributed by atoms with Crippen LogP contribution in [0.15, 0.2) is 0 Å². The molecule has 1 fully saturated rings. The van der Waals surface area contributed by atoms with Crippen LogP contribution < -0.4 is 5.32 Å². The molecule has 1 aliphatic rings. The third kappa shape index (κ3) is 3.44. The molecule has 88 valence electrons. The highest BCUT2D eigenvalue weighted by Gasteiger charge is 2.30. The minimum atomic E-state index is -0.443. The lowest BCUT2D eigenvalue weighted by Crippen LogP contribution is -2.44. The quantitative estimate of drug-likeness (QED) is 0.591. The van der Waals surface area contributed by atoms with Gasteiger partial charge in [-0.15, -0.1) is 0 Å². The third-order valence-electron chi connectivity index (χ3n) is 2.78. The molecule has 15 heavy (non-hydrogen) atoms. The topological polar surface area (TPSA) is 61.8 Å². The Bertz CT molecular complexity index is 211. The number of β-amino-alcohol motifs (C(OH)–C–C–N with tert-alkyl or cyclic N) is 1. The molecular formula is C10H20N2O3. The van der Waals surface area contributed by atoms with Gasteiger partial charge < -0.3 is 20.1 Å². The average Bonchev–Trinajstić information content (AvgIpc) is 2.63. The molecule has 0 radical (unpaired) electrons. The number of aliphatic hydroxyl groups excluding tert-OH is 1.